The molecule has 1 rings (SSSR count). The average Bonchev–Trinajstić information content (AvgIpc) is 1.80. The van der Waals surface area contributed by atoms with Gasteiger partial charge in [-0.05, 0) is 18.2 Å². The summed E-state index contributed by atoms with van der Waals surface area (Å²) in [5.41, 5.74) is 12.2. The number of nitrogens with two attached hydrogens (primary N) is 2. The van der Waals surface area contributed by atoms with E-state index in [-0.39, 0.29) is 24.8 Å². The van der Waals surface area contributed by atoms with Crippen molar-refractivity contribution >= 4 is 48.8 Å². The summed E-state index contributed by atoms with van der Waals surface area (Å²) in [7, 11) is 0. The van der Waals surface area contributed by atoms with Crippen LogP contribution < -0.4 is 11.5 Å². The van der Waals surface area contributed by atoms with Crippen LogP contribution in [-0.4, -0.2) is 0 Å². The third kappa shape index (κ3) is 3.60. The highest BCUT2D eigenvalue weighted by atomic mass is 35.5. The molecule has 0 aliphatic rings. The van der Waals surface area contributed by atoms with Crippen LogP contribution in [0.15, 0.2) is 23.1 Å². The second-order valence-corrected chi connectivity index (χ2v) is 2.30. The van der Waals surface area contributed by atoms with Gasteiger partial charge >= 0.3 is 0 Å². The Labute approximate surface area is 83.6 Å². The lowest BCUT2D eigenvalue weighted by Crippen LogP contribution is -1.89. The Balaban J connectivity index is 0. The topological polar surface area (TPSA) is 52.0 Å². The van der Waals surface area contributed by atoms with Crippen LogP contribution in [0.2, 0.25) is 0 Å². The average molecular weight is 213 g/mol. The molecule has 0 spiro atoms. The number of anilines is 2. The molecule has 0 aromatic heterocycles. The molecule has 0 saturated carbocycles. The summed E-state index contributed by atoms with van der Waals surface area (Å²) in [5, 5.41) is 0. The normalized spacial score (nSPS) is 7.73. The molecule has 4 N–H and O–H groups in total. The molecule has 0 aliphatic carbocycles. The fraction of sp³-hybridized carbons (Fsp3) is 0. The summed E-state index contributed by atoms with van der Waals surface area (Å²) in [4.78, 5) is 0.768. The summed E-state index contributed by atoms with van der Waals surface area (Å²) >= 11 is 4.06. The van der Waals surface area contributed by atoms with Gasteiger partial charge in [0.25, 0.3) is 0 Å². The molecular weight excluding hydrogens is 203 g/mol. The van der Waals surface area contributed by atoms with Crippen LogP contribution >= 0.6 is 37.4 Å². The Morgan fingerprint density at radius 1 is 1.09 bits per heavy atom. The largest absolute Gasteiger partial charge is 0.399 e. The van der Waals surface area contributed by atoms with Crippen molar-refractivity contribution in [2.45, 2.75) is 4.90 Å². The second kappa shape index (κ2) is 5.41. The molecule has 0 unspecified atom stereocenters. The van der Waals surface area contributed by atoms with Crippen LogP contribution in [0.1, 0.15) is 0 Å². The molecule has 1 aromatic carbocycles. The van der Waals surface area contributed by atoms with E-state index < -0.39 is 0 Å². The highest BCUT2D eigenvalue weighted by Gasteiger charge is 1.91. The number of benzene rings is 1. The van der Waals surface area contributed by atoms with Gasteiger partial charge in [0, 0.05) is 16.3 Å². The van der Waals surface area contributed by atoms with Crippen molar-refractivity contribution in [1.82, 2.24) is 0 Å². The van der Waals surface area contributed by atoms with E-state index in [2.05, 4.69) is 12.6 Å². The highest BCUT2D eigenvalue weighted by Crippen LogP contribution is 2.18. The molecule has 0 saturated heterocycles. The predicted octanol–water partition coefficient (Wildman–Crippen LogP) is 1.98. The Hall–Kier alpha value is -0.250. The van der Waals surface area contributed by atoms with Crippen molar-refractivity contribution in [3.63, 3.8) is 0 Å². The summed E-state index contributed by atoms with van der Waals surface area (Å²) in [6.07, 6.45) is 0. The minimum Gasteiger partial charge on any atom is -0.399 e. The summed E-state index contributed by atoms with van der Waals surface area (Å²) in [5.74, 6) is 0. The van der Waals surface area contributed by atoms with Crippen molar-refractivity contribution in [1.29, 1.82) is 0 Å². The lowest BCUT2D eigenvalue weighted by Gasteiger charge is -1.97. The minimum atomic E-state index is 0. The summed E-state index contributed by atoms with van der Waals surface area (Å²) in [6.45, 7) is 0. The first-order chi connectivity index (χ1) is 4.20. The van der Waals surface area contributed by atoms with Gasteiger partial charge in [-0.2, -0.15) is 0 Å². The second-order valence-electron chi connectivity index (χ2n) is 1.82. The Bertz CT molecular complexity index is 230. The van der Waals surface area contributed by atoms with Crippen LogP contribution in [0.4, 0.5) is 11.4 Å². The lowest BCUT2D eigenvalue weighted by molar-refractivity contribution is 1.48. The first kappa shape index (κ1) is 13.3. The zero-order chi connectivity index (χ0) is 6.85. The number of hydrogen-bond donors (Lipinski definition) is 3. The number of nitrogen functional groups attached to an aromatic ring is 2. The van der Waals surface area contributed by atoms with Gasteiger partial charge in [0.1, 0.15) is 0 Å². The van der Waals surface area contributed by atoms with Gasteiger partial charge in [0.05, 0.1) is 0 Å². The molecule has 2 nitrogen and oxygen atoms in total. The molecule has 1 aromatic rings. The van der Waals surface area contributed by atoms with Crippen molar-refractivity contribution in [3.8, 4) is 0 Å². The molecule has 0 fully saturated rings. The predicted molar refractivity (Wildman–Crippen MR) is 57.0 cm³/mol. The molecule has 0 aliphatic heterocycles. The lowest BCUT2D eigenvalue weighted by atomic mass is 10.3. The molecule has 0 heterocycles. The van der Waals surface area contributed by atoms with E-state index in [4.69, 9.17) is 11.5 Å². The van der Waals surface area contributed by atoms with Crippen molar-refractivity contribution < 1.29 is 0 Å². The van der Waals surface area contributed by atoms with E-state index >= 15 is 0 Å². The quantitative estimate of drug-likeness (QED) is 0.456. The summed E-state index contributed by atoms with van der Waals surface area (Å²) in [6, 6.07) is 5.22. The van der Waals surface area contributed by atoms with Crippen LogP contribution in [0, 0.1) is 0 Å². The number of rotatable bonds is 0. The molecule has 0 radical (unpaired) electrons. The SMILES string of the molecule is Cl.Cl.Nc1ccc(S)c(N)c1. The maximum atomic E-state index is 5.46. The number of hydrogen-bond acceptors (Lipinski definition) is 3. The van der Waals surface area contributed by atoms with E-state index in [1.165, 1.54) is 0 Å². The molecule has 11 heavy (non-hydrogen) atoms. The van der Waals surface area contributed by atoms with Gasteiger partial charge in [0.15, 0.2) is 0 Å². The fourth-order valence-electron chi connectivity index (χ4n) is 0.573. The molecule has 5 heteroatoms. The maximum Gasteiger partial charge on any atom is 0.0470 e. The van der Waals surface area contributed by atoms with E-state index in [0.29, 0.717) is 11.4 Å². The summed E-state index contributed by atoms with van der Waals surface area (Å²) < 4.78 is 0. The number of halogens is 2. The Morgan fingerprint density at radius 3 is 2.00 bits per heavy atom. The van der Waals surface area contributed by atoms with Gasteiger partial charge in [-0.25, -0.2) is 0 Å². The van der Waals surface area contributed by atoms with Gasteiger partial charge in [-0.3, -0.25) is 0 Å². The molecular formula is C6H10Cl2N2S. The molecule has 0 atom stereocenters. The zero-order valence-corrected chi connectivity index (χ0v) is 8.18. The van der Waals surface area contributed by atoms with Crippen LogP contribution in [0.5, 0.6) is 0 Å². The molecule has 0 bridgehead atoms. The van der Waals surface area contributed by atoms with Crippen molar-refractivity contribution in [2.24, 2.45) is 0 Å². The first-order valence-electron chi connectivity index (χ1n) is 2.54. The Morgan fingerprint density at radius 2 is 1.64 bits per heavy atom. The molecule has 64 valence electrons. The smallest absolute Gasteiger partial charge is 0.0470 e. The standard InChI is InChI=1S/C6H8N2S.2ClH/c7-4-1-2-6(9)5(8)3-4;;/h1-3,9H,7-8H2;2*1H. The first-order valence-corrected chi connectivity index (χ1v) is 2.99. The van der Waals surface area contributed by atoms with Crippen molar-refractivity contribution in [2.75, 3.05) is 11.5 Å². The highest BCUT2D eigenvalue weighted by molar-refractivity contribution is 7.80. The Kier molecular flexibility index (Phi) is 6.56. The van der Waals surface area contributed by atoms with E-state index in [9.17, 15) is 0 Å². The zero-order valence-electron chi connectivity index (χ0n) is 5.65. The van der Waals surface area contributed by atoms with Gasteiger partial charge in [-0.1, -0.05) is 0 Å². The van der Waals surface area contributed by atoms with Gasteiger partial charge < -0.3 is 11.5 Å². The van der Waals surface area contributed by atoms with E-state index in [1.54, 1.807) is 18.2 Å². The van der Waals surface area contributed by atoms with Gasteiger partial charge in [-0.15, -0.1) is 37.4 Å². The fourth-order valence-corrected chi connectivity index (χ4v) is 0.712. The van der Waals surface area contributed by atoms with Crippen LogP contribution in [-0.2, 0) is 0 Å². The van der Waals surface area contributed by atoms with Crippen LogP contribution in [0.25, 0.3) is 0 Å². The maximum absolute atomic E-state index is 5.46. The minimum absolute atomic E-state index is 0. The third-order valence-corrected chi connectivity index (χ3v) is 1.46. The molecule has 0 amide bonds. The third-order valence-electron chi connectivity index (χ3n) is 1.05. The van der Waals surface area contributed by atoms with Crippen molar-refractivity contribution in [3.05, 3.63) is 18.2 Å². The van der Waals surface area contributed by atoms with E-state index in [0.717, 1.165) is 4.90 Å². The van der Waals surface area contributed by atoms with Gasteiger partial charge in [0.2, 0.25) is 0 Å². The number of thiol groups is 1. The van der Waals surface area contributed by atoms with E-state index in [1.807, 2.05) is 0 Å². The monoisotopic (exact) mass is 212 g/mol. The van der Waals surface area contributed by atoms with Crippen LogP contribution in [0.3, 0.4) is 0 Å².